The molecule has 3 nitrogen and oxygen atoms in total. The Morgan fingerprint density at radius 2 is 1.69 bits per heavy atom. The highest BCUT2D eigenvalue weighted by atomic mass is 79.9. The van der Waals surface area contributed by atoms with Gasteiger partial charge in [-0.3, -0.25) is 0 Å². The van der Waals surface area contributed by atoms with Gasteiger partial charge in [0.15, 0.2) is 0 Å². The van der Waals surface area contributed by atoms with E-state index in [0.717, 1.165) is 0 Å². The Hall–Kier alpha value is -0.0351. The summed E-state index contributed by atoms with van der Waals surface area (Å²) in [5.74, 6) is 0.629. The Bertz CT molecular complexity index is 294. The summed E-state index contributed by atoms with van der Waals surface area (Å²) in [5, 5.41) is 17.8. The molecule has 1 rings (SSSR count). The molecule has 0 amide bonds. The highest BCUT2D eigenvalue weighted by molar-refractivity contribution is 9.11. The minimum absolute atomic E-state index is 0.402. The number of ether oxygens (including phenoxy) is 1. The summed E-state index contributed by atoms with van der Waals surface area (Å²) in [4.78, 5) is 0. The lowest BCUT2D eigenvalue weighted by Gasteiger charge is -2.08. The molecule has 0 unspecified atom stereocenters. The van der Waals surface area contributed by atoms with E-state index in [-0.39, 0.29) is 0 Å². The van der Waals surface area contributed by atoms with Crippen LogP contribution in [0.4, 0.5) is 0 Å². The molecule has 6 heteroatoms. The summed E-state index contributed by atoms with van der Waals surface area (Å²) in [6.07, 6.45) is 0. The lowest BCUT2D eigenvalue weighted by Crippen LogP contribution is -2.29. The molecule has 0 fully saturated rings. The van der Waals surface area contributed by atoms with Crippen molar-refractivity contribution in [1.29, 1.82) is 0 Å². The van der Waals surface area contributed by atoms with Crippen molar-refractivity contribution < 1.29 is 14.8 Å². The molecule has 70 valence electrons. The van der Waals surface area contributed by atoms with Gasteiger partial charge in [-0.15, -0.1) is 0 Å². The second-order valence-electron chi connectivity index (χ2n) is 2.39. The molecule has 1 aromatic carbocycles. The summed E-state index contributed by atoms with van der Waals surface area (Å²) >= 11 is 6.50. The molecule has 0 aliphatic rings. The van der Waals surface area contributed by atoms with Crippen LogP contribution >= 0.6 is 31.9 Å². The number of hydrogen-bond donors (Lipinski definition) is 2. The van der Waals surface area contributed by atoms with E-state index in [4.69, 9.17) is 14.8 Å². The molecule has 13 heavy (non-hydrogen) atoms. The maximum absolute atomic E-state index is 8.91. The topological polar surface area (TPSA) is 49.7 Å². The van der Waals surface area contributed by atoms with Gasteiger partial charge in [-0.2, -0.15) is 0 Å². The van der Waals surface area contributed by atoms with Crippen molar-refractivity contribution in [2.24, 2.45) is 0 Å². The van der Waals surface area contributed by atoms with E-state index < -0.39 is 7.12 Å². The molecular weight excluding hydrogens is 303 g/mol. The maximum atomic E-state index is 8.91. The zero-order valence-corrected chi connectivity index (χ0v) is 9.96. The number of halogens is 2. The fraction of sp³-hybridized carbons (Fsp3) is 0.143. The molecular formula is C7H7BBr2O3. The minimum Gasteiger partial charge on any atom is -0.494 e. The normalized spacial score (nSPS) is 9.92. The van der Waals surface area contributed by atoms with E-state index >= 15 is 0 Å². The summed E-state index contributed by atoms with van der Waals surface area (Å²) in [7, 11) is 0.0680. The summed E-state index contributed by atoms with van der Waals surface area (Å²) in [6, 6.07) is 3.18. The zero-order valence-electron chi connectivity index (χ0n) is 6.79. The van der Waals surface area contributed by atoms with Gasteiger partial charge >= 0.3 is 7.12 Å². The molecule has 0 bridgehead atoms. The average Bonchev–Trinajstić information content (AvgIpc) is 2.03. The van der Waals surface area contributed by atoms with Gasteiger partial charge in [-0.25, -0.2) is 0 Å². The molecule has 0 heterocycles. The first-order valence-corrected chi connectivity index (χ1v) is 5.04. The maximum Gasteiger partial charge on any atom is 0.488 e. The van der Waals surface area contributed by atoms with Crippen LogP contribution in [0.1, 0.15) is 0 Å². The number of benzene rings is 1. The largest absolute Gasteiger partial charge is 0.494 e. The van der Waals surface area contributed by atoms with Crippen LogP contribution < -0.4 is 10.2 Å². The van der Waals surface area contributed by atoms with Crippen LogP contribution in [0.3, 0.4) is 0 Å². The second kappa shape index (κ2) is 4.46. The molecule has 0 saturated heterocycles. The first-order valence-electron chi connectivity index (χ1n) is 3.45. The van der Waals surface area contributed by atoms with E-state index in [2.05, 4.69) is 31.9 Å². The van der Waals surface area contributed by atoms with Crippen LogP contribution in [0.25, 0.3) is 0 Å². The van der Waals surface area contributed by atoms with Gasteiger partial charge in [0.25, 0.3) is 0 Å². The van der Waals surface area contributed by atoms with Gasteiger partial charge in [0.05, 0.1) is 16.1 Å². The molecule has 0 radical (unpaired) electrons. The summed E-state index contributed by atoms with van der Waals surface area (Å²) < 4.78 is 6.40. The Morgan fingerprint density at radius 3 is 2.00 bits per heavy atom. The van der Waals surface area contributed by atoms with Crippen molar-refractivity contribution in [2.75, 3.05) is 7.11 Å². The van der Waals surface area contributed by atoms with Crippen LogP contribution in [-0.2, 0) is 0 Å². The highest BCUT2D eigenvalue weighted by Gasteiger charge is 2.15. The number of rotatable bonds is 2. The molecule has 0 aliphatic heterocycles. The van der Waals surface area contributed by atoms with Crippen molar-refractivity contribution in [3.05, 3.63) is 21.1 Å². The fourth-order valence-corrected chi connectivity index (χ4v) is 2.47. The molecule has 0 aliphatic carbocycles. The van der Waals surface area contributed by atoms with Gasteiger partial charge < -0.3 is 14.8 Å². The van der Waals surface area contributed by atoms with Crippen molar-refractivity contribution in [1.82, 2.24) is 0 Å². The summed E-state index contributed by atoms with van der Waals surface area (Å²) in [5.41, 5.74) is 0.402. The van der Waals surface area contributed by atoms with Crippen molar-refractivity contribution in [2.45, 2.75) is 0 Å². The monoisotopic (exact) mass is 308 g/mol. The van der Waals surface area contributed by atoms with Crippen LogP contribution in [0.5, 0.6) is 5.75 Å². The fourth-order valence-electron chi connectivity index (χ4n) is 0.924. The third-order valence-electron chi connectivity index (χ3n) is 1.52. The Labute approximate surface area is 93.1 Å². The third-order valence-corrected chi connectivity index (χ3v) is 2.70. The first kappa shape index (κ1) is 11.0. The van der Waals surface area contributed by atoms with Gasteiger partial charge in [-0.05, 0) is 49.5 Å². The van der Waals surface area contributed by atoms with E-state index in [1.807, 2.05) is 0 Å². The minimum atomic E-state index is -1.47. The van der Waals surface area contributed by atoms with E-state index in [1.54, 1.807) is 19.2 Å². The van der Waals surface area contributed by atoms with Gasteiger partial charge in [0, 0.05) is 0 Å². The molecule has 0 atom stereocenters. The van der Waals surface area contributed by atoms with Crippen LogP contribution in [-0.4, -0.2) is 24.3 Å². The first-order chi connectivity index (χ1) is 6.06. The highest BCUT2D eigenvalue weighted by Crippen LogP contribution is 2.31. The quantitative estimate of drug-likeness (QED) is 0.798. The Kier molecular flexibility index (Phi) is 3.79. The zero-order chi connectivity index (χ0) is 10.0. The third kappa shape index (κ3) is 2.46. The average molecular weight is 310 g/mol. The smallest absolute Gasteiger partial charge is 0.488 e. The van der Waals surface area contributed by atoms with Gasteiger partial charge in [0.1, 0.15) is 5.75 Å². The van der Waals surface area contributed by atoms with E-state index in [1.165, 1.54) is 0 Å². The van der Waals surface area contributed by atoms with E-state index in [0.29, 0.717) is 20.2 Å². The number of methoxy groups -OCH3 is 1. The SMILES string of the molecule is COc1c(Br)cc(B(O)O)cc1Br. The Morgan fingerprint density at radius 1 is 1.23 bits per heavy atom. The molecule has 0 spiro atoms. The molecule has 1 aromatic rings. The predicted octanol–water partition coefficient (Wildman–Crippen LogP) is 0.900. The number of hydrogen-bond acceptors (Lipinski definition) is 3. The standard InChI is InChI=1S/C7H7BBr2O3/c1-13-7-5(9)2-4(8(11)12)3-6(7)10/h2-3,11-12H,1H3. The van der Waals surface area contributed by atoms with Crippen LogP contribution in [0, 0.1) is 0 Å². The van der Waals surface area contributed by atoms with Crippen LogP contribution in [0.15, 0.2) is 21.1 Å². The molecule has 0 aromatic heterocycles. The summed E-state index contributed by atoms with van der Waals surface area (Å²) in [6.45, 7) is 0. The lowest BCUT2D eigenvalue weighted by molar-refractivity contribution is 0.409. The van der Waals surface area contributed by atoms with Crippen molar-refractivity contribution in [3.8, 4) is 5.75 Å². The lowest BCUT2D eigenvalue weighted by atomic mass is 9.80. The molecule has 0 saturated carbocycles. The van der Waals surface area contributed by atoms with Gasteiger partial charge in [0.2, 0.25) is 0 Å². The van der Waals surface area contributed by atoms with Crippen molar-refractivity contribution in [3.63, 3.8) is 0 Å². The Balaban J connectivity index is 3.20. The second-order valence-corrected chi connectivity index (χ2v) is 4.10. The molecule has 2 N–H and O–H groups in total. The van der Waals surface area contributed by atoms with Crippen LogP contribution in [0.2, 0.25) is 0 Å². The van der Waals surface area contributed by atoms with Crippen molar-refractivity contribution >= 4 is 44.4 Å². The predicted molar refractivity (Wildman–Crippen MR) is 58.2 cm³/mol. The van der Waals surface area contributed by atoms with E-state index in [9.17, 15) is 0 Å². The van der Waals surface area contributed by atoms with Gasteiger partial charge in [-0.1, -0.05) is 0 Å².